The van der Waals surface area contributed by atoms with E-state index in [1.807, 2.05) is 0 Å². The molecule has 0 aliphatic carbocycles. The van der Waals surface area contributed by atoms with Crippen LogP contribution in [0.3, 0.4) is 0 Å². The van der Waals surface area contributed by atoms with Gasteiger partial charge >= 0.3 is 5.97 Å². The van der Waals surface area contributed by atoms with Crippen molar-refractivity contribution in [1.82, 2.24) is 0 Å². The molecule has 4 nitrogen and oxygen atoms in total. The van der Waals surface area contributed by atoms with Crippen LogP contribution in [0, 0.1) is 0 Å². The van der Waals surface area contributed by atoms with E-state index in [1.165, 1.54) is 14.2 Å². The number of methoxy groups -OCH3 is 2. The number of esters is 1. The predicted octanol–water partition coefficient (Wildman–Crippen LogP) is 2.17. The second-order valence-electron chi connectivity index (χ2n) is 2.99. The number of hydrogen-bond donors (Lipinski definition) is 1. The van der Waals surface area contributed by atoms with E-state index >= 15 is 0 Å². The third kappa shape index (κ3) is 2.40. The van der Waals surface area contributed by atoms with Crippen LogP contribution in [0.5, 0.6) is 5.75 Å². The first-order chi connectivity index (χ1) is 7.52. The molecule has 2 N–H and O–H groups in total. The van der Waals surface area contributed by atoms with Crippen molar-refractivity contribution in [3.8, 4) is 5.75 Å². The molecule has 0 spiro atoms. The average molecular weight is 264 g/mol. The molecular formula is C10H11Cl2NO3. The Hall–Kier alpha value is -0.970. The Balaban J connectivity index is 3.17. The van der Waals surface area contributed by atoms with Crippen molar-refractivity contribution in [2.24, 2.45) is 5.73 Å². The lowest BCUT2D eigenvalue weighted by Crippen LogP contribution is -2.23. The third-order valence-corrected chi connectivity index (χ3v) is 2.97. The Morgan fingerprint density at radius 1 is 1.31 bits per heavy atom. The van der Waals surface area contributed by atoms with Crippen molar-refractivity contribution in [2.45, 2.75) is 6.04 Å². The van der Waals surface area contributed by atoms with Gasteiger partial charge in [-0.15, -0.1) is 0 Å². The monoisotopic (exact) mass is 263 g/mol. The molecule has 88 valence electrons. The summed E-state index contributed by atoms with van der Waals surface area (Å²) in [4.78, 5) is 11.3. The minimum atomic E-state index is -0.957. The Morgan fingerprint density at radius 2 is 1.94 bits per heavy atom. The topological polar surface area (TPSA) is 61.5 Å². The molecule has 0 heterocycles. The number of benzene rings is 1. The number of halogens is 2. The molecule has 0 amide bonds. The van der Waals surface area contributed by atoms with Gasteiger partial charge in [-0.1, -0.05) is 29.3 Å². The minimum absolute atomic E-state index is 0.193. The molecule has 0 aromatic heterocycles. The predicted molar refractivity (Wildman–Crippen MR) is 62.0 cm³/mol. The van der Waals surface area contributed by atoms with Crippen LogP contribution in [0.25, 0.3) is 0 Å². The van der Waals surface area contributed by atoms with Crippen molar-refractivity contribution in [1.29, 1.82) is 0 Å². The summed E-state index contributed by atoms with van der Waals surface area (Å²) in [5.41, 5.74) is 6.05. The van der Waals surface area contributed by atoms with Gasteiger partial charge in [0.1, 0.15) is 16.8 Å². The van der Waals surface area contributed by atoms with E-state index in [2.05, 4.69) is 4.74 Å². The summed E-state index contributed by atoms with van der Waals surface area (Å²) in [6, 6.07) is 2.21. The van der Waals surface area contributed by atoms with Crippen molar-refractivity contribution < 1.29 is 14.3 Å². The van der Waals surface area contributed by atoms with Crippen LogP contribution in [-0.2, 0) is 9.53 Å². The SMILES string of the molecule is COC(=O)C(N)c1ccc(OC)c(Cl)c1Cl. The lowest BCUT2D eigenvalue weighted by atomic mass is 10.1. The maximum absolute atomic E-state index is 11.3. The Labute approximate surface area is 103 Å². The second kappa shape index (κ2) is 5.39. The van der Waals surface area contributed by atoms with Gasteiger partial charge in [0.05, 0.1) is 19.2 Å². The van der Waals surface area contributed by atoms with E-state index in [9.17, 15) is 4.79 Å². The highest BCUT2D eigenvalue weighted by molar-refractivity contribution is 6.43. The molecule has 16 heavy (non-hydrogen) atoms. The summed E-state index contributed by atoms with van der Waals surface area (Å²) in [6.07, 6.45) is 0. The molecular weight excluding hydrogens is 253 g/mol. The van der Waals surface area contributed by atoms with Crippen LogP contribution >= 0.6 is 23.2 Å². The van der Waals surface area contributed by atoms with Gasteiger partial charge in [0.15, 0.2) is 0 Å². The lowest BCUT2D eigenvalue weighted by molar-refractivity contribution is -0.142. The molecule has 1 unspecified atom stereocenters. The molecule has 0 fully saturated rings. The maximum atomic E-state index is 11.3. The Bertz CT molecular complexity index is 409. The molecule has 0 saturated heterocycles. The van der Waals surface area contributed by atoms with Crippen LogP contribution in [0.4, 0.5) is 0 Å². The van der Waals surface area contributed by atoms with E-state index in [4.69, 9.17) is 33.7 Å². The summed E-state index contributed by atoms with van der Waals surface area (Å²) < 4.78 is 9.49. The summed E-state index contributed by atoms with van der Waals surface area (Å²) >= 11 is 11.9. The first-order valence-corrected chi connectivity index (χ1v) is 5.13. The Morgan fingerprint density at radius 3 is 2.44 bits per heavy atom. The van der Waals surface area contributed by atoms with Gasteiger partial charge in [0.2, 0.25) is 0 Å². The highest BCUT2D eigenvalue weighted by atomic mass is 35.5. The molecule has 0 saturated carbocycles. The highest BCUT2D eigenvalue weighted by Crippen LogP contribution is 2.36. The quantitative estimate of drug-likeness (QED) is 0.850. The number of rotatable bonds is 3. The average Bonchev–Trinajstić information content (AvgIpc) is 2.30. The largest absolute Gasteiger partial charge is 0.495 e. The lowest BCUT2D eigenvalue weighted by Gasteiger charge is -2.13. The normalized spacial score (nSPS) is 12.1. The molecule has 1 aromatic rings. The third-order valence-electron chi connectivity index (χ3n) is 2.09. The first kappa shape index (κ1) is 13.1. The fraction of sp³-hybridized carbons (Fsp3) is 0.300. The Kier molecular flexibility index (Phi) is 4.41. The summed E-state index contributed by atoms with van der Waals surface area (Å²) in [7, 11) is 2.72. The van der Waals surface area contributed by atoms with Crippen LogP contribution < -0.4 is 10.5 Å². The summed E-state index contributed by atoms with van der Waals surface area (Å²) in [6.45, 7) is 0. The summed E-state index contributed by atoms with van der Waals surface area (Å²) in [5.74, 6) is -0.157. The summed E-state index contributed by atoms with van der Waals surface area (Å²) in [5, 5.41) is 0.417. The van der Waals surface area contributed by atoms with Crippen molar-refractivity contribution in [3.05, 3.63) is 27.7 Å². The van der Waals surface area contributed by atoms with Crippen LogP contribution in [0.1, 0.15) is 11.6 Å². The number of hydrogen-bond acceptors (Lipinski definition) is 4. The van der Waals surface area contributed by atoms with E-state index in [0.717, 1.165) is 0 Å². The molecule has 1 rings (SSSR count). The van der Waals surface area contributed by atoms with E-state index in [0.29, 0.717) is 11.3 Å². The molecule has 6 heteroatoms. The fourth-order valence-corrected chi connectivity index (χ4v) is 1.72. The van der Waals surface area contributed by atoms with Gasteiger partial charge < -0.3 is 15.2 Å². The van der Waals surface area contributed by atoms with E-state index < -0.39 is 12.0 Å². The number of nitrogens with two attached hydrogens (primary N) is 1. The number of ether oxygens (including phenoxy) is 2. The highest BCUT2D eigenvalue weighted by Gasteiger charge is 2.21. The van der Waals surface area contributed by atoms with Gasteiger partial charge in [-0.2, -0.15) is 0 Å². The first-order valence-electron chi connectivity index (χ1n) is 4.38. The van der Waals surface area contributed by atoms with Gasteiger partial charge in [-0.05, 0) is 6.07 Å². The minimum Gasteiger partial charge on any atom is -0.495 e. The van der Waals surface area contributed by atoms with Gasteiger partial charge in [0, 0.05) is 5.56 Å². The molecule has 0 bridgehead atoms. The van der Waals surface area contributed by atoms with E-state index in [1.54, 1.807) is 12.1 Å². The zero-order valence-electron chi connectivity index (χ0n) is 8.79. The number of carbonyl (C=O) groups excluding carboxylic acids is 1. The van der Waals surface area contributed by atoms with Crippen LogP contribution in [0.15, 0.2) is 12.1 Å². The molecule has 0 radical (unpaired) electrons. The standard InChI is InChI=1S/C10H11Cl2NO3/c1-15-6-4-3-5(7(11)8(6)12)9(13)10(14)16-2/h3-4,9H,13H2,1-2H3. The zero-order valence-corrected chi connectivity index (χ0v) is 10.3. The maximum Gasteiger partial charge on any atom is 0.327 e. The van der Waals surface area contributed by atoms with Crippen LogP contribution in [-0.4, -0.2) is 20.2 Å². The van der Waals surface area contributed by atoms with Crippen molar-refractivity contribution in [3.63, 3.8) is 0 Å². The van der Waals surface area contributed by atoms with Gasteiger partial charge in [0.25, 0.3) is 0 Å². The van der Waals surface area contributed by atoms with Gasteiger partial charge in [-0.3, -0.25) is 4.79 Å². The molecule has 0 aliphatic heterocycles. The second-order valence-corrected chi connectivity index (χ2v) is 3.74. The molecule has 1 aromatic carbocycles. The molecule has 1 atom stereocenters. The van der Waals surface area contributed by atoms with Crippen molar-refractivity contribution >= 4 is 29.2 Å². The zero-order chi connectivity index (χ0) is 12.3. The molecule has 0 aliphatic rings. The number of carbonyl (C=O) groups is 1. The van der Waals surface area contributed by atoms with Crippen molar-refractivity contribution in [2.75, 3.05) is 14.2 Å². The van der Waals surface area contributed by atoms with Gasteiger partial charge in [-0.25, -0.2) is 0 Å². The van der Waals surface area contributed by atoms with Crippen LogP contribution in [0.2, 0.25) is 10.0 Å². The smallest absolute Gasteiger partial charge is 0.327 e. The van der Waals surface area contributed by atoms with E-state index in [-0.39, 0.29) is 10.0 Å². The fourth-order valence-electron chi connectivity index (χ4n) is 1.20.